The van der Waals surface area contributed by atoms with E-state index in [1.54, 1.807) is 0 Å². The molecule has 0 aliphatic heterocycles. The number of amides is 1. The molecule has 1 unspecified atom stereocenters. The Balaban J connectivity index is 4.16. The molecule has 0 fully saturated rings. The molecule has 4 nitrogen and oxygen atoms in total. The first-order chi connectivity index (χ1) is 8.35. The predicted molar refractivity (Wildman–Crippen MR) is 77.5 cm³/mol. The van der Waals surface area contributed by atoms with Gasteiger partial charge in [0.1, 0.15) is 0 Å². The second-order valence-corrected chi connectivity index (χ2v) is 5.62. The number of nitrogens with two attached hydrogens (primary N) is 1. The van der Waals surface area contributed by atoms with Crippen LogP contribution >= 0.6 is 0 Å². The summed E-state index contributed by atoms with van der Waals surface area (Å²) in [6, 6.07) is 0. The Morgan fingerprint density at radius 3 is 2.39 bits per heavy atom. The second-order valence-electron chi connectivity index (χ2n) is 5.62. The van der Waals surface area contributed by atoms with Gasteiger partial charge in [0.15, 0.2) is 0 Å². The maximum absolute atomic E-state index is 11.5. The molecule has 0 aromatic carbocycles. The van der Waals surface area contributed by atoms with Crippen molar-refractivity contribution in [2.24, 2.45) is 11.7 Å². The average Bonchev–Trinajstić information content (AvgIpc) is 2.27. The van der Waals surface area contributed by atoms with Crippen molar-refractivity contribution < 1.29 is 4.79 Å². The molecule has 0 saturated heterocycles. The monoisotopic (exact) mass is 257 g/mol. The zero-order chi connectivity index (χ0) is 14.2. The Kier molecular flexibility index (Phi) is 8.20. The van der Waals surface area contributed by atoms with Crippen LogP contribution in [0.2, 0.25) is 0 Å². The number of carbonyl (C=O) groups is 1. The SMILES string of the molecule is CCNC(C)(CCCN(CC)CC(C)C)C(N)=O. The number of rotatable bonds is 10. The summed E-state index contributed by atoms with van der Waals surface area (Å²) in [5.74, 6) is 0.428. The Morgan fingerprint density at radius 2 is 2.00 bits per heavy atom. The molecule has 0 aromatic rings. The Morgan fingerprint density at radius 1 is 1.39 bits per heavy atom. The number of hydrogen-bond acceptors (Lipinski definition) is 3. The fourth-order valence-electron chi connectivity index (χ4n) is 2.24. The van der Waals surface area contributed by atoms with E-state index in [1.165, 1.54) is 0 Å². The van der Waals surface area contributed by atoms with Crippen molar-refractivity contribution in [3.05, 3.63) is 0 Å². The Hall–Kier alpha value is -0.610. The standard InChI is InChI=1S/C14H31N3O/c1-6-16-14(5,13(15)18)9-8-10-17(7-2)11-12(3)4/h12,16H,6-11H2,1-5H3,(H2,15,18). The summed E-state index contributed by atoms with van der Waals surface area (Å²) < 4.78 is 0. The van der Waals surface area contributed by atoms with Crippen molar-refractivity contribution in [3.63, 3.8) is 0 Å². The molecule has 108 valence electrons. The first kappa shape index (κ1) is 17.4. The second kappa shape index (κ2) is 8.48. The third-order valence-corrected chi connectivity index (χ3v) is 3.33. The molecule has 0 spiro atoms. The molecule has 18 heavy (non-hydrogen) atoms. The van der Waals surface area contributed by atoms with Crippen LogP contribution in [0.25, 0.3) is 0 Å². The molecule has 0 rings (SSSR count). The van der Waals surface area contributed by atoms with Gasteiger partial charge in [-0.3, -0.25) is 4.79 Å². The summed E-state index contributed by atoms with van der Waals surface area (Å²) in [7, 11) is 0. The molecule has 0 radical (unpaired) electrons. The van der Waals surface area contributed by atoms with Crippen LogP contribution in [0.1, 0.15) is 47.5 Å². The van der Waals surface area contributed by atoms with Crippen molar-refractivity contribution in [2.75, 3.05) is 26.2 Å². The molecule has 4 heteroatoms. The van der Waals surface area contributed by atoms with E-state index >= 15 is 0 Å². The van der Waals surface area contributed by atoms with Crippen LogP contribution in [0.3, 0.4) is 0 Å². The molecule has 0 aromatic heterocycles. The Bertz CT molecular complexity index is 243. The van der Waals surface area contributed by atoms with E-state index in [4.69, 9.17) is 5.73 Å². The number of carbonyl (C=O) groups excluding carboxylic acids is 1. The smallest absolute Gasteiger partial charge is 0.237 e. The highest BCUT2D eigenvalue weighted by Crippen LogP contribution is 2.13. The van der Waals surface area contributed by atoms with Crippen molar-refractivity contribution in [1.29, 1.82) is 0 Å². The van der Waals surface area contributed by atoms with Crippen LogP contribution in [0, 0.1) is 5.92 Å². The van der Waals surface area contributed by atoms with Crippen molar-refractivity contribution in [3.8, 4) is 0 Å². The zero-order valence-corrected chi connectivity index (χ0v) is 12.8. The van der Waals surface area contributed by atoms with Gasteiger partial charge in [0, 0.05) is 6.54 Å². The van der Waals surface area contributed by atoms with Gasteiger partial charge in [0.25, 0.3) is 0 Å². The van der Waals surface area contributed by atoms with Gasteiger partial charge in [-0.1, -0.05) is 27.7 Å². The van der Waals surface area contributed by atoms with Gasteiger partial charge in [-0.05, 0) is 45.3 Å². The summed E-state index contributed by atoms with van der Waals surface area (Å²) in [4.78, 5) is 13.9. The normalized spacial score (nSPS) is 15.1. The highest BCUT2D eigenvalue weighted by Gasteiger charge is 2.29. The number of nitrogens with one attached hydrogen (secondary N) is 1. The van der Waals surface area contributed by atoms with Gasteiger partial charge >= 0.3 is 0 Å². The Labute approximate surface area is 112 Å². The quantitative estimate of drug-likeness (QED) is 0.625. The van der Waals surface area contributed by atoms with Crippen molar-refractivity contribution >= 4 is 5.91 Å². The van der Waals surface area contributed by atoms with Crippen LogP contribution in [0.5, 0.6) is 0 Å². The molecule has 0 saturated carbocycles. The summed E-state index contributed by atoms with van der Waals surface area (Å²) in [6.07, 6.45) is 1.79. The molecule has 0 aliphatic carbocycles. The van der Waals surface area contributed by atoms with Gasteiger partial charge in [-0.15, -0.1) is 0 Å². The number of likely N-dealkylation sites (N-methyl/N-ethyl adjacent to an activating group) is 1. The van der Waals surface area contributed by atoms with Crippen molar-refractivity contribution in [1.82, 2.24) is 10.2 Å². The van der Waals surface area contributed by atoms with E-state index in [0.29, 0.717) is 5.92 Å². The summed E-state index contributed by atoms with van der Waals surface area (Å²) in [5, 5.41) is 3.20. The van der Waals surface area contributed by atoms with Gasteiger partial charge in [-0.2, -0.15) is 0 Å². The van der Waals surface area contributed by atoms with E-state index < -0.39 is 5.54 Å². The topological polar surface area (TPSA) is 58.4 Å². The van der Waals surface area contributed by atoms with Crippen LogP contribution < -0.4 is 11.1 Å². The van der Waals surface area contributed by atoms with E-state index in [-0.39, 0.29) is 5.91 Å². The molecule has 0 heterocycles. The highest BCUT2D eigenvalue weighted by molar-refractivity contribution is 5.84. The largest absolute Gasteiger partial charge is 0.368 e. The first-order valence-corrected chi connectivity index (χ1v) is 7.13. The molecule has 1 atom stereocenters. The molecule has 0 aliphatic rings. The van der Waals surface area contributed by atoms with Gasteiger partial charge < -0.3 is 16.0 Å². The lowest BCUT2D eigenvalue weighted by molar-refractivity contribution is -0.124. The minimum absolute atomic E-state index is 0.253. The lowest BCUT2D eigenvalue weighted by Crippen LogP contribution is -2.53. The van der Waals surface area contributed by atoms with Gasteiger partial charge in [-0.25, -0.2) is 0 Å². The summed E-state index contributed by atoms with van der Waals surface area (Å²) in [5.41, 5.74) is 4.91. The summed E-state index contributed by atoms with van der Waals surface area (Å²) >= 11 is 0. The molecule has 0 bridgehead atoms. The number of nitrogens with zero attached hydrogens (tertiary/aromatic N) is 1. The molecular weight excluding hydrogens is 226 g/mol. The third-order valence-electron chi connectivity index (χ3n) is 3.33. The third kappa shape index (κ3) is 6.36. The predicted octanol–water partition coefficient (Wildman–Crippen LogP) is 1.60. The van der Waals surface area contributed by atoms with Crippen LogP contribution in [0.15, 0.2) is 0 Å². The van der Waals surface area contributed by atoms with Crippen molar-refractivity contribution in [2.45, 2.75) is 53.0 Å². The maximum Gasteiger partial charge on any atom is 0.237 e. The summed E-state index contributed by atoms with van der Waals surface area (Å²) in [6.45, 7) is 14.5. The average molecular weight is 257 g/mol. The van der Waals surface area contributed by atoms with Crippen LogP contribution in [0.4, 0.5) is 0 Å². The van der Waals surface area contributed by atoms with Crippen LogP contribution in [-0.2, 0) is 4.79 Å². The van der Waals surface area contributed by atoms with E-state index in [1.807, 2.05) is 13.8 Å². The minimum Gasteiger partial charge on any atom is -0.368 e. The first-order valence-electron chi connectivity index (χ1n) is 7.13. The highest BCUT2D eigenvalue weighted by atomic mass is 16.1. The molecule has 3 N–H and O–H groups in total. The molecular formula is C14H31N3O. The van der Waals surface area contributed by atoms with E-state index in [0.717, 1.165) is 39.0 Å². The lowest BCUT2D eigenvalue weighted by Gasteiger charge is -2.29. The van der Waals surface area contributed by atoms with Crippen LogP contribution in [-0.4, -0.2) is 42.5 Å². The fraction of sp³-hybridized carbons (Fsp3) is 0.929. The zero-order valence-electron chi connectivity index (χ0n) is 12.8. The lowest BCUT2D eigenvalue weighted by atomic mass is 9.94. The van der Waals surface area contributed by atoms with E-state index in [9.17, 15) is 4.79 Å². The fourth-order valence-corrected chi connectivity index (χ4v) is 2.24. The minimum atomic E-state index is -0.563. The number of hydrogen-bond donors (Lipinski definition) is 2. The maximum atomic E-state index is 11.5. The van der Waals surface area contributed by atoms with Gasteiger partial charge in [0.05, 0.1) is 5.54 Å². The molecule has 1 amide bonds. The van der Waals surface area contributed by atoms with Gasteiger partial charge in [0.2, 0.25) is 5.91 Å². The van der Waals surface area contributed by atoms with E-state index in [2.05, 4.69) is 31.0 Å². The number of primary amides is 1.